The average Bonchev–Trinajstić information content (AvgIpc) is 2.25. The van der Waals surface area contributed by atoms with Gasteiger partial charge >= 0.3 is 0 Å². The third-order valence-corrected chi connectivity index (χ3v) is 2.82. The molecule has 0 aliphatic rings. The van der Waals surface area contributed by atoms with Crippen LogP contribution in [0, 0.1) is 11.3 Å². The number of aromatic nitrogens is 2. The zero-order valence-electron chi connectivity index (χ0n) is 9.08. The summed E-state index contributed by atoms with van der Waals surface area (Å²) in [5.74, 6) is 0.381. The van der Waals surface area contributed by atoms with Crippen molar-refractivity contribution >= 4 is 15.8 Å². The van der Waals surface area contributed by atoms with Crippen LogP contribution in [0.4, 0.5) is 5.95 Å². The molecule has 0 atom stereocenters. The molecule has 1 aromatic rings. The second kappa shape index (κ2) is 4.90. The molecule has 16 heavy (non-hydrogen) atoms. The van der Waals surface area contributed by atoms with Gasteiger partial charge in [-0.2, -0.15) is 5.26 Å². The summed E-state index contributed by atoms with van der Waals surface area (Å²) in [6, 6.07) is 3.39. The molecule has 0 aromatic carbocycles. The van der Waals surface area contributed by atoms with Crippen molar-refractivity contribution in [2.24, 2.45) is 0 Å². The average molecular weight is 240 g/mol. The molecular weight excluding hydrogens is 228 g/mol. The van der Waals surface area contributed by atoms with Gasteiger partial charge in [-0.25, -0.2) is 18.4 Å². The Balaban J connectivity index is 2.74. The highest BCUT2D eigenvalue weighted by Crippen LogP contribution is 2.04. The van der Waals surface area contributed by atoms with E-state index in [0.29, 0.717) is 12.5 Å². The first-order valence-corrected chi connectivity index (χ1v) is 6.60. The van der Waals surface area contributed by atoms with Crippen LogP contribution in [0.1, 0.15) is 5.69 Å². The Bertz CT molecular complexity index is 506. The zero-order valence-corrected chi connectivity index (χ0v) is 9.90. The number of nitriles is 1. The van der Waals surface area contributed by atoms with Crippen LogP contribution in [0.25, 0.3) is 0 Å². The van der Waals surface area contributed by atoms with E-state index < -0.39 is 9.84 Å². The lowest BCUT2D eigenvalue weighted by Gasteiger charge is -2.15. The van der Waals surface area contributed by atoms with Crippen LogP contribution in [0.3, 0.4) is 0 Å². The Morgan fingerprint density at radius 3 is 2.81 bits per heavy atom. The van der Waals surface area contributed by atoms with Crippen molar-refractivity contribution in [2.75, 3.05) is 30.5 Å². The first-order valence-electron chi connectivity index (χ1n) is 4.54. The second-order valence-corrected chi connectivity index (χ2v) is 5.66. The van der Waals surface area contributed by atoms with Gasteiger partial charge < -0.3 is 4.90 Å². The fraction of sp³-hybridized carbons (Fsp3) is 0.444. The highest BCUT2D eigenvalue weighted by atomic mass is 32.2. The Hall–Kier alpha value is -1.68. The summed E-state index contributed by atoms with van der Waals surface area (Å²) in [5.41, 5.74) is 0.260. The minimum atomic E-state index is -3.01. The Kier molecular flexibility index (Phi) is 3.79. The summed E-state index contributed by atoms with van der Waals surface area (Å²) in [4.78, 5) is 9.51. The maximum Gasteiger partial charge on any atom is 0.226 e. The molecule has 6 nitrogen and oxygen atoms in total. The van der Waals surface area contributed by atoms with Gasteiger partial charge in [0.25, 0.3) is 0 Å². The lowest BCUT2D eigenvalue weighted by molar-refractivity contribution is 0.601. The topological polar surface area (TPSA) is 87.0 Å². The summed E-state index contributed by atoms with van der Waals surface area (Å²) >= 11 is 0. The first-order chi connectivity index (χ1) is 7.42. The lowest BCUT2D eigenvalue weighted by atomic mass is 10.4. The molecule has 86 valence electrons. The molecule has 1 aromatic heterocycles. The van der Waals surface area contributed by atoms with Gasteiger partial charge in [-0.3, -0.25) is 0 Å². The van der Waals surface area contributed by atoms with E-state index in [-0.39, 0.29) is 11.4 Å². The Morgan fingerprint density at radius 2 is 2.25 bits per heavy atom. The molecule has 1 heterocycles. The molecule has 0 saturated heterocycles. The molecule has 0 radical (unpaired) electrons. The molecule has 0 aliphatic carbocycles. The number of hydrogen-bond acceptors (Lipinski definition) is 6. The van der Waals surface area contributed by atoms with Gasteiger partial charge in [0.1, 0.15) is 21.6 Å². The van der Waals surface area contributed by atoms with Crippen LogP contribution in [0.5, 0.6) is 0 Å². The van der Waals surface area contributed by atoms with E-state index >= 15 is 0 Å². The van der Waals surface area contributed by atoms with Gasteiger partial charge in [0.15, 0.2) is 0 Å². The van der Waals surface area contributed by atoms with E-state index in [9.17, 15) is 8.42 Å². The maximum absolute atomic E-state index is 11.0. The number of nitrogens with zero attached hydrogens (tertiary/aromatic N) is 4. The molecule has 0 saturated carbocycles. The Morgan fingerprint density at radius 1 is 1.56 bits per heavy atom. The third-order valence-electron chi connectivity index (χ3n) is 1.90. The SMILES string of the molecule is CN(CCS(C)(=O)=O)c1nccc(C#N)n1. The van der Waals surface area contributed by atoms with E-state index in [1.807, 2.05) is 6.07 Å². The molecular formula is C9H12N4O2S. The van der Waals surface area contributed by atoms with E-state index in [1.54, 1.807) is 11.9 Å². The zero-order chi connectivity index (χ0) is 12.2. The fourth-order valence-electron chi connectivity index (χ4n) is 0.997. The van der Waals surface area contributed by atoms with Crippen molar-refractivity contribution in [1.82, 2.24) is 9.97 Å². The van der Waals surface area contributed by atoms with Crippen molar-refractivity contribution in [3.05, 3.63) is 18.0 Å². The van der Waals surface area contributed by atoms with E-state index in [4.69, 9.17) is 5.26 Å². The van der Waals surface area contributed by atoms with Crippen molar-refractivity contribution in [3.63, 3.8) is 0 Å². The van der Waals surface area contributed by atoms with Crippen LogP contribution in [0.15, 0.2) is 12.3 Å². The molecule has 0 fully saturated rings. The van der Waals surface area contributed by atoms with Gasteiger partial charge in [0.2, 0.25) is 5.95 Å². The number of sulfone groups is 1. The minimum absolute atomic E-state index is 0.0314. The quantitative estimate of drug-likeness (QED) is 0.726. The molecule has 0 spiro atoms. The van der Waals surface area contributed by atoms with Crippen LogP contribution < -0.4 is 4.90 Å². The molecule has 0 bridgehead atoms. The summed E-state index contributed by atoms with van der Waals surface area (Å²) < 4.78 is 21.9. The van der Waals surface area contributed by atoms with Crippen molar-refractivity contribution in [3.8, 4) is 6.07 Å². The van der Waals surface area contributed by atoms with Crippen molar-refractivity contribution < 1.29 is 8.42 Å². The van der Waals surface area contributed by atoms with Crippen LogP contribution in [0.2, 0.25) is 0 Å². The molecule has 0 amide bonds. The monoisotopic (exact) mass is 240 g/mol. The predicted octanol–water partition coefficient (Wildman–Crippen LogP) is -0.171. The number of anilines is 1. The minimum Gasteiger partial charge on any atom is -0.343 e. The third kappa shape index (κ3) is 3.82. The number of hydrogen-bond donors (Lipinski definition) is 0. The molecule has 0 aliphatic heterocycles. The molecule has 7 heteroatoms. The van der Waals surface area contributed by atoms with Gasteiger partial charge in [0.05, 0.1) is 5.75 Å². The Labute approximate surface area is 94.5 Å². The van der Waals surface area contributed by atoms with Gasteiger partial charge in [-0.15, -0.1) is 0 Å². The molecule has 0 N–H and O–H groups in total. The van der Waals surface area contributed by atoms with E-state index in [1.165, 1.54) is 18.5 Å². The lowest BCUT2D eigenvalue weighted by Crippen LogP contribution is -2.26. The molecule has 0 unspecified atom stereocenters. The largest absolute Gasteiger partial charge is 0.343 e. The summed E-state index contributed by atoms with van der Waals surface area (Å²) in [6.45, 7) is 0.299. The van der Waals surface area contributed by atoms with E-state index in [2.05, 4.69) is 9.97 Å². The van der Waals surface area contributed by atoms with Crippen LogP contribution >= 0.6 is 0 Å². The van der Waals surface area contributed by atoms with Crippen LogP contribution in [-0.4, -0.2) is 44.0 Å². The van der Waals surface area contributed by atoms with Gasteiger partial charge in [-0.1, -0.05) is 0 Å². The normalized spacial score (nSPS) is 10.8. The van der Waals surface area contributed by atoms with Crippen molar-refractivity contribution in [1.29, 1.82) is 5.26 Å². The smallest absolute Gasteiger partial charge is 0.226 e. The highest BCUT2D eigenvalue weighted by molar-refractivity contribution is 7.90. The maximum atomic E-state index is 11.0. The molecule has 1 rings (SSSR count). The number of rotatable bonds is 4. The summed E-state index contributed by atoms with van der Waals surface area (Å²) in [5, 5.41) is 8.65. The van der Waals surface area contributed by atoms with Gasteiger partial charge in [0, 0.05) is 26.0 Å². The van der Waals surface area contributed by atoms with Crippen molar-refractivity contribution in [2.45, 2.75) is 0 Å². The van der Waals surface area contributed by atoms with Crippen LogP contribution in [-0.2, 0) is 9.84 Å². The first kappa shape index (κ1) is 12.4. The predicted molar refractivity (Wildman–Crippen MR) is 59.7 cm³/mol. The summed E-state index contributed by atoms with van der Waals surface area (Å²) in [6.07, 6.45) is 2.64. The summed E-state index contributed by atoms with van der Waals surface area (Å²) in [7, 11) is -1.32. The highest BCUT2D eigenvalue weighted by Gasteiger charge is 2.08. The fourth-order valence-corrected chi connectivity index (χ4v) is 1.60. The second-order valence-electron chi connectivity index (χ2n) is 3.41. The van der Waals surface area contributed by atoms with E-state index in [0.717, 1.165) is 0 Å². The standard InChI is InChI=1S/C9H12N4O2S/c1-13(5-6-16(2,14)15)9-11-4-3-8(7-10)12-9/h3-4H,5-6H2,1-2H3. The van der Waals surface area contributed by atoms with Gasteiger partial charge in [-0.05, 0) is 6.07 Å².